The molecule has 3 aromatic heterocycles. The van der Waals surface area contributed by atoms with Crippen LogP contribution in [0.4, 0.5) is 5.69 Å². The van der Waals surface area contributed by atoms with Gasteiger partial charge >= 0.3 is 0 Å². The van der Waals surface area contributed by atoms with E-state index in [9.17, 15) is 0 Å². The third kappa shape index (κ3) is 2.70. The number of nitrogens with one attached hydrogen (secondary N) is 1. The summed E-state index contributed by atoms with van der Waals surface area (Å²) in [6, 6.07) is 14.0. The number of fused-ring (bicyclic) bond motifs is 1. The lowest BCUT2D eigenvalue weighted by Crippen LogP contribution is -2.07. The van der Waals surface area contributed by atoms with Crippen LogP contribution in [0, 0.1) is 11.5 Å². The number of pyridine rings is 2. The molecule has 25 heavy (non-hydrogen) atoms. The van der Waals surface area contributed by atoms with Crippen molar-refractivity contribution < 1.29 is 0 Å². The lowest BCUT2D eigenvalue weighted by Gasteiger charge is -2.10. The van der Waals surface area contributed by atoms with Gasteiger partial charge in [-0.05, 0) is 41.5 Å². The van der Waals surface area contributed by atoms with E-state index in [-0.39, 0.29) is 0 Å². The molecule has 0 aliphatic carbocycles. The van der Waals surface area contributed by atoms with Crippen LogP contribution in [0.25, 0.3) is 33.3 Å². The Kier molecular flexibility index (Phi) is 3.64. The van der Waals surface area contributed by atoms with Gasteiger partial charge in [-0.15, -0.1) is 0 Å². The molecule has 4 aromatic rings. The third-order valence-electron chi connectivity index (χ3n) is 4.24. The highest BCUT2D eigenvalue weighted by molar-refractivity contribution is 5.95. The molecule has 0 saturated heterocycles. The van der Waals surface area contributed by atoms with Gasteiger partial charge in [0.25, 0.3) is 0 Å². The smallest absolute Gasteiger partial charge is 0.183 e. The molecule has 0 bridgehead atoms. The Balaban J connectivity index is 1.83. The maximum Gasteiger partial charge on any atom is 0.183 e. The van der Waals surface area contributed by atoms with Gasteiger partial charge in [-0.3, -0.25) is 9.88 Å². The molecule has 3 heterocycles. The van der Waals surface area contributed by atoms with E-state index in [0.29, 0.717) is 0 Å². The van der Waals surface area contributed by atoms with Crippen LogP contribution in [0.3, 0.4) is 0 Å². The second-order valence-electron chi connectivity index (χ2n) is 5.77. The van der Waals surface area contributed by atoms with Gasteiger partial charge in [0.2, 0.25) is 0 Å². The molecule has 0 radical (unpaired) electrons. The monoisotopic (exact) mass is 325 g/mol. The number of aromatic amines is 1. The lowest BCUT2D eigenvalue weighted by atomic mass is 10.0. The zero-order chi connectivity index (χ0) is 17.2. The summed E-state index contributed by atoms with van der Waals surface area (Å²) in [6.45, 7) is 0. The van der Waals surface area contributed by atoms with Gasteiger partial charge in [-0.1, -0.05) is 12.1 Å². The standard InChI is InChI=1S/C20H15N5/c1-25(13-21)17-4-2-3-15(9-17)16-10-18-19(12-24-20(18)23-11-16)14-5-7-22-8-6-14/h2-12H,1H3,(H,23,24). The van der Waals surface area contributed by atoms with Crippen molar-refractivity contribution in [2.45, 2.75) is 0 Å². The molecule has 0 fully saturated rings. The molecule has 1 N–H and O–H groups in total. The number of rotatable bonds is 3. The topological polar surface area (TPSA) is 68.6 Å². The maximum absolute atomic E-state index is 9.08. The molecule has 5 heteroatoms. The first-order valence-electron chi connectivity index (χ1n) is 7.87. The van der Waals surface area contributed by atoms with E-state index in [1.54, 1.807) is 19.4 Å². The Morgan fingerprint density at radius 2 is 1.88 bits per heavy atom. The summed E-state index contributed by atoms with van der Waals surface area (Å²) in [5.74, 6) is 0. The SMILES string of the molecule is CN(C#N)c1cccc(-c2cnc3[nH]cc(-c4ccncc4)c3c2)c1. The van der Waals surface area contributed by atoms with Crippen molar-refractivity contribution in [2.24, 2.45) is 0 Å². The fourth-order valence-electron chi connectivity index (χ4n) is 2.88. The van der Waals surface area contributed by atoms with Crippen molar-refractivity contribution in [2.75, 3.05) is 11.9 Å². The molecule has 0 aliphatic rings. The molecule has 0 unspecified atom stereocenters. The van der Waals surface area contributed by atoms with E-state index >= 15 is 0 Å². The van der Waals surface area contributed by atoms with Crippen molar-refractivity contribution in [1.82, 2.24) is 15.0 Å². The molecule has 0 saturated carbocycles. The number of H-pyrrole nitrogens is 1. The van der Waals surface area contributed by atoms with Crippen LogP contribution in [0.2, 0.25) is 0 Å². The Morgan fingerprint density at radius 3 is 2.68 bits per heavy atom. The average Bonchev–Trinajstić information content (AvgIpc) is 3.11. The number of benzene rings is 1. The molecule has 4 rings (SSSR count). The maximum atomic E-state index is 9.08. The van der Waals surface area contributed by atoms with Crippen molar-refractivity contribution >= 4 is 16.7 Å². The van der Waals surface area contributed by atoms with Crippen molar-refractivity contribution in [1.29, 1.82) is 5.26 Å². The minimum absolute atomic E-state index is 0.848. The summed E-state index contributed by atoms with van der Waals surface area (Å²) >= 11 is 0. The number of aromatic nitrogens is 3. The minimum atomic E-state index is 0.848. The normalized spacial score (nSPS) is 10.6. The average molecular weight is 325 g/mol. The number of nitriles is 1. The molecular formula is C20H15N5. The third-order valence-corrected chi connectivity index (χ3v) is 4.24. The van der Waals surface area contributed by atoms with Gasteiger partial charge < -0.3 is 4.98 Å². The van der Waals surface area contributed by atoms with Crippen molar-refractivity contribution in [3.05, 3.63) is 67.3 Å². The zero-order valence-electron chi connectivity index (χ0n) is 13.6. The summed E-state index contributed by atoms with van der Waals surface area (Å²) in [6.07, 6.45) is 9.51. The molecule has 0 spiro atoms. The number of anilines is 1. The van der Waals surface area contributed by atoms with Gasteiger partial charge in [0.05, 0.1) is 5.69 Å². The summed E-state index contributed by atoms with van der Waals surface area (Å²) < 4.78 is 0. The van der Waals surface area contributed by atoms with Crippen LogP contribution in [-0.4, -0.2) is 22.0 Å². The number of nitrogens with zero attached hydrogens (tertiary/aromatic N) is 4. The number of hydrogen-bond acceptors (Lipinski definition) is 4. The van der Waals surface area contributed by atoms with E-state index in [0.717, 1.165) is 39.0 Å². The molecule has 0 atom stereocenters. The predicted octanol–water partition coefficient (Wildman–Crippen LogP) is 4.21. The fraction of sp³-hybridized carbons (Fsp3) is 0.0500. The van der Waals surface area contributed by atoms with Crippen LogP contribution in [0.1, 0.15) is 0 Å². The quantitative estimate of drug-likeness (QED) is 0.452. The highest BCUT2D eigenvalue weighted by Crippen LogP contribution is 2.31. The summed E-state index contributed by atoms with van der Waals surface area (Å²) in [4.78, 5) is 13.4. The van der Waals surface area contributed by atoms with Crippen LogP contribution in [-0.2, 0) is 0 Å². The Morgan fingerprint density at radius 1 is 1.04 bits per heavy atom. The van der Waals surface area contributed by atoms with Gasteiger partial charge in [-0.25, -0.2) is 4.98 Å². The van der Waals surface area contributed by atoms with Crippen LogP contribution >= 0.6 is 0 Å². The summed E-state index contributed by atoms with van der Waals surface area (Å²) in [5.41, 5.74) is 5.92. The molecule has 5 nitrogen and oxygen atoms in total. The zero-order valence-corrected chi connectivity index (χ0v) is 13.6. The Labute approximate surface area is 145 Å². The molecular weight excluding hydrogens is 310 g/mol. The Hall–Kier alpha value is -3.65. The van der Waals surface area contributed by atoms with Gasteiger partial charge in [-0.2, -0.15) is 5.26 Å². The van der Waals surface area contributed by atoms with Gasteiger partial charge in [0, 0.05) is 48.3 Å². The highest BCUT2D eigenvalue weighted by atomic mass is 15.1. The summed E-state index contributed by atoms with van der Waals surface area (Å²) in [7, 11) is 1.74. The van der Waals surface area contributed by atoms with E-state index in [2.05, 4.69) is 27.2 Å². The largest absolute Gasteiger partial charge is 0.346 e. The van der Waals surface area contributed by atoms with E-state index in [4.69, 9.17) is 5.26 Å². The van der Waals surface area contributed by atoms with E-state index in [1.807, 2.05) is 48.8 Å². The second kappa shape index (κ2) is 6.10. The fourth-order valence-corrected chi connectivity index (χ4v) is 2.88. The lowest BCUT2D eigenvalue weighted by molar-refractivity contribution is 1.20. The molecule has 0 amide bonds. The second-order valence-corrected chi connectivity index (χ2v) is 5.77. The molecule has 1 aromatic carbocycles. The van der Waals surface area contributed by atoms with E-state index < -0.39 is 0 Å². The minimum Gasteiger partial charge on any atom is -0.346 e. The van der Waals surface area contributed by atoms with Crippen molar-refractivity contribution in [3.63, 3.8) is 0 Å². The van der Waals surface area contributed by atoms with Gasteiger partial charge in [0.1, 0.15) is 5.65 Å². The predicted molar refractivity (Wildman–Crippen MR) is 98.8 cm³/mol. The summed E-state index contributed by atoms with van der Waals surface area (Å²) in [5, 5.41) is 10.1. The first kappa shape index (κ1) is 14.9. The van der Waals surface area contributed by atoms with Crippen LogP contribution in [0.5, 0.6) is 0 Å². The Bertz CT molecular complexity index is 1080. The highest BCUT2D eigenvalue weighted by Gasteiger charge is 2.10. The molecule has 0 aliphatic heterocycles. The number of hydrogen-bond donors (Lipinski definition) is 1. The van der Waals surface area contributed by atoms with E-state index in [1.165, 1.54) is 4.90 Å². The first-order valence-corrected chi connectivity index (χ1v) is 7.87. The first-order chi connectivity index (χ1) is 12.3. The van der Waals surface area contributed by atoms with Crippen LogP contribution in [0.15, 0.2) is 67.3 Å². The van der Waals surface area contributed by atoms with Crippen molar-refractivity contribution in [3.8, 4) is 28.4 Å². The van der Waals surface area contributed by atoms with Gasteiger partial charge in [0.15, 0.2) is 6.19 Å². The molecule has 120 valence electrons. The van der Waals surface area contributed by atoms with Crippen LogP contribution < -0.4 is 4.90 Å².